The molecule has 0 saturated carbocycles. The number of rotatable bonds is 1. The van der Waals surface area contributed by atoms with Crippen molar-refractivity contribution in [3.63, 3.8) is 0 Å². The Morgan fingerprint density at radius 1 is 1.55 bits per heavy atom. The van der Waals surface area contributed by atoms with Gasteiger partial charge in [-0.2, -0.15) is 0 Å². The first-order valence-corrected chi connectivity index (χ1v) is 4.23. The van der Waals surface area contributed by atoms with Gasteiger partial charge in [-0.3, -0.25) is 5.14 Å². The Hall–Kier alpha value is -0.250. The van der Waals surface area contributed by atoms with Crippen LogP contribution in [0.4, 0.5) is 4.39 Å². The molecular formula is C7H7ClFNS. The molecule has 0 aromatic heterocycles. The van der Waals surface area contributed by atoms with Crippen LogP contribution in [0.15, 0.2) is 17.0 Å². The van der Waals surface area contributed by atoms with Crippen molar-refractivity contribution in [1.29, 1.82) is 0 Å². The fourth-order valence-electron chi connectivity index (χ4n) is 0.721. The van der Waals surface area contributed by atoms with Gasteiger partial charge in [0.15, 0.2) is 0 Å². The van der Waals surface area contributed by atoms with E-state index in [1.54, 1.807) is 6.07 Å². The molecule has 0 heterocycles. The number of halogens is 2. The van der Waals surface area contributed by atoms with Gasteiger partial charge in [-0.05, 0) is 36.6 Å². The van der Waals surface area contributed by atoms with E-state index < -0.39 is 0 Å². The SMILES string of the molecule is Cc1cc(SN)c(F)cc1Cl. The molecule has 2 N–H and O–H groups in total. The first kappa shape index (κ1) is 8.84. The minimum absolute atomic E-state index is 0.367. The maximum atomic E-state index is 12.8. The van der Waals surface area contributed by atoms with Crippen LogP contribution in [0.25, 0.3) is 0 Å². The van der Waals surface area contributed by atoms with Gasteiger partial charge in [0.1, 0.15) is 5.82 Å². The molecule has 0 atom stereocenters. The number of hydrogen-bond acceptors (Lipinski definition) is 2. The molecule has 0 aliphatic carbocycles. The van der Waals surface area contributed by atoms with Gasteiger partial charge in [0.05, 0.1) is 4.90 Å². The molecule has 4 heteroatoms. The summed E-state index contributed by atoms with van der Waals surface area (Å²) in [6, 6.07) is 2.90. The van der Waals surface area contributed by atoms with E-state index in [0.29, 0.717) is 9.92 Å². The second kappa shape index (κ2) is 3.43. The quantitative estimate of drug-likeness (QED) is 0.691. The molecule has 0 radical (unpaired) electrons. The summed E-state index contributed by atoms with van der Waals surface area (Å²) in [6.07, 6.45) is 0. The van der Waals surface area contributed by atoms with Gasteiger partial charge in [-0.1, -0.05) is 11.6 Å². The Kier molecular flexibility index (Phi) is 2.76. The van der Waals surface area contributed by atoms with Gasteiger partial charge < -0.3 is 0 Å². The fraction of sp³-hybridized carbons (Fsp3) is 0.143. The van der Waals surface area contributed by atoms with E-state index in [1.165, 1.54) is 6.07 Å². The topological polar surface area (TPSA) is 26.0 Å². The van der Waals surface area contributed by atoms with Crippen LogP contribution in [0.2, 0.25) is 5.02 Å². The highest BCUT2D eigenvalue weighted by Gasteiger charge is 2.04. The predicted octanol–water partition coefficient (Wildman–Crippen LogP) is 2.75. The van der Waals surface area contributed by atoms with Crippen LogP contribution >= 0.6 is 23.5 Å². The average Bonchev–Trinajstić information content (AvgIpc) is 1.97. The molecule has 0 amide bonds. The van der Waals surface area contributed by atoms with E-state index in [4.69, 9.17) is 16.7 Å². The zero-order valence-electron chi connectivity index (χ0n) is 5.90. The lowest BCUT2D eigenvalue weighted by Crippen LogP contribution is -1.87. The van der Waals surface area contributed by atoms with Gasteiger partial charge >= 0.3 is 0 Å². The highest BCUT2D eigenvalue weighted by Crippen LogP contribution is 2.24. The van der Waals surface area contributed by atoms with Crippen LogP contribution < -0.4 is 5.14 Å². The van der Waals surface area contributed by atoms with Gasteiger partial charge in [-0.25, -0.2) is 4.39 Å². The molecule has 60 valence electrons. The van der Waals surface area contributed by atoms with Crippen LogP contribution in [-0.4, -0.2) is 0 Å². The van der Waals surface area contributed by atoms with Crippen LogP contribution in [0.5, 0.6) is 0 Å². The van der Waals surface area contributed by atoms with Crippen molar-refractivity contribution in [2.24, 2.45) is 5.14 Å². The minimum atomic E-state index is -0.367. The molecule has 1 nitrogen and oxygen atoms in total. The van der Waals surface area contributed by atoms with Crippen LogP contribution in [0.1, 0.15) is 5.56 Å². The molecular weight excluding hydrogens is 185 g/mol. The highest BCUT2D eigenvalue weighted by atomic mass is 35.5. The normalized spacial score (nSPS) is 10.2. The molecule has 1 rings (SSSR count). The van der Waals surface area contributed by atoms with Gasteiger partial charge in [-0.15, -0.1) is 0 Å². The number of nitrogens with two attached hydrogens (primary N) is 1. The Morgan fingerprint density at radius 3 is 2.73 bits per heavy atom. The molecule has 1 aromatic rings. The standard InChI is InChI=1S/C7H7ClFNS/c1-4-2-7(11-10)6(9)3-5(4)8/h2-3H,10H2,1H3. The summed E-state index contributed by atoms with van der Waals surface area (Å²) in [6.45, 7) is 1.81. The van der Waals surface area contributed by atoms with Crippen LogP contribution in [0.3, 0.4) is 0 Å². The first-order valence-electron chi connectivity index (χ1n) is 2.97. The molecule has 0 spiro atoms. The van der Waals surface area contributed by atoms with Gasteiger partial charge in [0.2, 0.25) is 0 Å². The van der Waals surface area contributed by atoms with Gasteiger partial charge in [0, 0.05) is 5.02 Å². The number of benzene rings is 1. The smallest absolute Gasteiger partial charge is 0.139 e. The summed E-state index contributed by atoms with van der Waals surface area (Å²) in [4.78, 5) is 0.423. The van der Waals surface area contributed by atoms with Crippen molar-refractivity contribution in [1.82, 2.24) is 0 Å². The molecule has 0 fully saturated rings. The lowest BCUT2D eigenvalue weighted by atomic mass is 10.2. The van der Waals surface area contributed by atoms with Gasteiger partial charge in [0.25, 0.3) is 0 Å². The van der Waals surface area contributed by atoms with E-state index in [2.05, 4.69) is 0 Å². The van der Waals surface area contributed by atoms with E-state index in [-0.39, 0.29) is 5.82 Å². The third-order valence-electron chi connectivity index (χ3n) is 1.34. The number of hydrogen-bond donors (Lipinski definition) is 1. The summed E-state index contributed by atoms with van der Waals surface area (Å²) in [5.74, 6) is -0.367. The van der Waals surface area contributed by atoms with E-state index in [0.717, 1.165) is 17.5 Å². The van der Waals surface area contributed by atoms with Crippen molar-refractivity contribution >= 4 is 23.5 Å². The summed E-state index contributed by atoms with van der Waals surface area (Å²) in [7, 11) is 0. The monoisotopic (exact) mass is 191 g/mol. The fourth-order valence-corrected chi connectivity index (χ4v) is 1.29. The van der Waals surface area contributed by atoms with Crippen LogP contribution in [-0.2, 0) is 0 Å². The molecule has 0 saturated heterocycles. The third-order valence-corrected chi connectivity index (χ3v) is 2.31. The molecule has 0 aliphatic rings. The Bertz CT molecular complexity index is 277. The third kappa shape index (κ3) is 1.86. The lowest BCUT2D eigenvalue weighted by molar-refractivity contribution is 0.601. The second-order valence-electron chi connectivity index (χ2n) is 2.15. The molecule has 0 aliphatic heterocycles. The average molecular weight is 192 g/mol. The van der Waals surface area contributed by atoms with Crippen molar-refractivity contribution < 1.29 is 4.39 Å². The zero-order chi connectivity index (χ0) is 8.43. The highest BCUT2D eigenvalue weighted by molar-refractivity contribution is 7.97. The summed E-state index contributed by atoms with van der Waals surface area (Å²) < 4.78 is 12.8. The molecule has 1 aromatic carbocycles. The van der Waals surface area contributed by atoms with E-state index in [9.17, 15) is 4.39 Å². The number of aryl methyl sites for hydroxylation is 1. The summed E-state index contributed by atoms with van der Waals surface area (Å²) in [5, 5.41) is 5.63. The Morgan fingerprint density at radius 2 is 2.18 bits per heavy atom. The molecule has 11 heavy (non-hydrogen) atoms. The maximum absolute atomic E-state index is 12.8. The van der Waals surface area contributed by atoms with Crippen molar-refractivity contribution in [2.45, 2.75) is 11.8 Å². The maximum Gasteiger partial charge on any atom is 0.139 e. The summed E-state index contributed by atoms with van der Waals surface area (Å²) in [5.41, 5.74) is 0.834. The lowest BCUT2D eigenvalue weighted by Gasteiger charge is -2.01. The largest absolute Gasteiger partial charge is 0.274 e. The van der Waals surface area contributed by atoms with Crippen LogP contribution in [0, 0.1) is 12.7 Å². The minimum Gasteiger partial charge on any atom is -0.274 e. The van der Waals surface area contributed by atoms with Crippen molar-refractivity contribution in [3.8, 4) is 0 Å². The van der Waals surface area contributed by atoms with E-state index in [1.807, 2.05) is 6.92 Å². The molecule has 0 unspecified atom stereocenters. The zero-order valence-corrected chi connectivity index (χ0v) is 7.47. The second-order valence-corrected chi connectivity index (χ2v) is 3.23. The molecule has 0 bridgehead atoms. The Balaban J connectivity index is 3.21. The van der Waals surface area contributed by atoms with E-state index >= 15 is 0 Å². The van der Waals surface area contributed by atoms with Crippen molar-refractivity contribution in [2.75, 3.05) is 0 Å². The predicted molar refractivity (Wildman–Crippen MR) is 46.2 cm³/mol. The van der Waals surface area contributed by atoms with Crippen molar-refractivity contribution in [3.05, 3.63) is 28.5 Å². The first-order chi connectivity index (χ1) is 5.15. The Labute approximate surface area is 73.9 Å². The summed E-state index contributed by atoms with van der Waals surface area (Å²) >= 11 is 6.54.